The van der Waals surface area contributed by atoms with Crippen LogP contribution in [0.2, 0.25) is 0 Å². The molecule has 0 atom stereocenters. The Labute approximate surface area is 94.3 Å². The van der Waals surface area contributed by atoms with E-state index in [4.69, 9.17) is 11.6 Å². The second kappa shape index (κ2) is 5.66. The maximum absolute atomic E-state index is 12.0. The van der Waals surface area contributed by atoms with Crippen LogP contribution in [0.3, 0.4) is 0 Å². The summed E-state index contributed by atoms with van der Waals surface area (Å²) < 4.78 is 0. The summed E-state index contributed by atoms with van der Waals surface area (Å²) >= 11 is 5.65. The Morgan fingerprint density at radius 2 is 2.07 bits per heavy atom. The van der Waals surface area contributed by atoms with Gasteiger partial charge in [0.2, 0.25) is 0 Å². The van der Waals surface area contributed by atoms with E-state index >= 15 is 0 Å². The van der Waals surface area contributed by atoms with Crippen LogP contribution < -0.4 is 0 Å². The van der Waals surface area contributed by atoms with E-state index < -0.39 is 0 Å². The third-order valence-electron chi connectivity index (χ3n) is 2.02. The molecule has 4 nitrogen and oxygen atoms in total. The minimum absolute atomic E-state index is 0.0775. The van der Waals surface area contributed by atoms with Crippen molar-refractivity contribution < 1.29 is 4.79 Å². The highest BCUT2D eigenvalue weighted by atomic mass is 35.5. The highest BCUT2D eigenvalue weighted by Crippen LogP contribution is 2.06. The van der Waals surface area contributed by atoms with Crippen molar-refractivity contribution in [2.24, 2.45) is 0 Å². The van der Waals surface area contributed by atoms with Crippen molar-refractivity contribution in [3.8, 4) is 0 Å². The number of hydrogen-bond acceptors (Lipinski definition) is 3. The smallest absolute Gasteiger partial charge is 0.257 e. The van der Waals surface area contributed by atoms with Gasteiger partial charge in [-0.3, -0.25) is 4.79 Å². The first kappa shape index (κ1) is 11.9. The molecule has 0 aliphatic carbocycles. The fourth-order valence-corrected chi connectivity index (χ4v) is 1.44. The molecule has 0 bridgehead atoms. The number of halogens is 1. The molecule has 1 amide bonds. The molecule has 0 spiro atoms. The zero-order valence-corrected chi connectivity index (χ0v) is 9.61. The number of alkyl halides is 1. The van der Waals surface area contributed by atoms with E-state index in [-0.39, 0.29) is 11.9 Å². The number of rotatable bonds is 4. The van der Waals surface area contributed by atoms with Crippen molar-refractivity contribution in [3.05, 3.63) is 24.3 Å². The van der Waals surface area contributed by atoms with Crippen molar-refractivity contribution in [3.63, 3.8) is 0 Å². The Hall–Kier alpha value is -1.16. The van der Waals surface area contributed by atoms with Crippen LogP contribution in [0.1, 0.15) is 24.2 Å². The molecule has 1 heterocycles. The highest BCUT2D eigenvalue weighted by molar-refractivity contribution is 6.18. The lowest BCUT2D eigenvalue weighted by molar-refractivity contribution is 0.0717. The van der Waals surface area contributed by atoms with Gasteiger partial charge in [0, 0.05) is 30.9 Å². The first-order chi connectivity index (χ1) is 7.16. The van der Waals surface area contributed by atoms with Crippen molar-refractivity contribution in [2.75, 3.05) is 12.4 Å². The van der Waals surface area contributed by atoms with Crippen LogP contribution in [0.25, 0.3) is 0 Å². The summed E-state index contributed by atoms with van der Waals surface area (Å²) in [5.74, 6) is 0.351. The van der Waals surface area contributed by atoms with Crippen molar-refractivity contribution in [1.29, 1.82) is 0 Å². The van der Waals surface area contributed by atoms with E-state index in [1.54, 1.807) is 4.90 Å². The monoisotopic (exact) mass is 227 g/mol. The Morgan fingerprint density at radius 3 is 2.53 bits per heavy atom. The van der Waals surface area contributed by atoms with E-state index in [2.05, 4.69) is 9.97 Å². The number of aromatic nitrogens is 2. The van der Waals surface area contributed by atoms with Gasteiger partial charge in [-0.2, -0.15) is 0 Å². The van der Waals surface area contributed by atoms with Crippen LogP contribution in [-0.4, -0.2) is 39.2 Å². The summed E-state index contributed by atoms with van der Waals surface area (Å²) in [5.41, 5.74) is 0.497. The molecule has 0 aliphatic rings. The second-order valence-electron chi connectivity index (χ2n) is 3.41. The summed E-state index contributed by atoms with van der Waals surface area (Å²) in [5, 5.41) is 0. The first-order valence-electron chi connectivity index (χ1n) is 4.78. The molecule has 0 saturated carbocycles. The normalized spacial score (nSPS) is 10.4. The van der Waals surface area contributed by atoms with Gasteiger partial charge in [0.1, 0.15) is 6.33 Å². The molecule has 0 aromatic carbocycles. The van der Waals surface area contributed by atoms with Gasteiger partial charge in [-0.15, -0.1) is 11.6 Å². The van der Waals surface area contributed by atoms with Crippen LogP contribution in [0.5, 0.6) is 0 Å². The van der Waals surface area contributed by atoms with Crippen LogP contribution in [-0.2, 0) is 0 Å². The largest absolute Gasteiger partial charge is 0.335 e. The Kier molecular flexibility index (Phi) is 4.49. The molecule has 0 N–H and O–H groups in total. The maximum atomic E-state index is 12.0. The molecule has 0 fully saturated rings. The minimum Gasteiger partial charge on any atom is -0.335 e. The number of nitrogens with zero attached hydrogens (tertiary/aromatic N) is 3. The maximum Gasteiger partial charge on any atom is 0.257 e. The van der Waals surface area contributed by atoms with Gasteiger partial charge < -0.3 is 4.90 Å². The Morgan fingerprint density at radius 1 is 1.47 bits per heavy atom. The van der Waals surface area contributed by atoms with Crippen LogP contribution >= 0.6 is 11.6 Å². The van der Waals surface area contributed by atoms with E-state index in [9.17, 15) is 4.79 Å². The lowest BCUT2D eigenvalue weighted by Crippen LogP contribution is -2.38. The minimum atomic E-state index is -0.0775. The average molecular weight is 228 g/mol. The molecule has 15 heavy (non-hydrogen) atoms. The fraction of sp³-hybridized carbons (Fsp3) is 0.500. The molecular weight excluding hydrogens is 214 g/mol. The van der Waals surface area contributed by atoms with E-state index in [0.717, 1.165) is 0 Å². The first-order valence-corrected chi connectivity index (χ1v) is 5.32. The standard InChI is InChI=1S/C10H14ClN3O/c1-8(2)14(4-3-11)10(15)9-5-12-7-13-6-9/h5-8H,3-4H2,1-2H3. The van der Waals surface area contributed by atoms with Crippen molar-refractivity contribution in [1.82, 2.24) is 14.9 Å². The Balaban J connectivity index is 2.81. The Bertz CT molecular complexity index is 316. The molecule has 0 unspecified atom stereocenters. The van der Waals surface area contributed by atoms with Gasteiger partial charge in [-0.25, -0.2) is 9.97 Å². The molecule has 1 aromatic rings. The van der Waals surface area contributed by atoms with E-state index in [1.165, 1.54) is 18.7 Å². The lowest BCUT2D eigenvalue weighted by Gasteiger charge is -2.25. The molecule has 0 saturated heterocycles. The SMILES string of the molecule is CC(C)N(CCCl)C(=O)c1cncnc1. The molecule has 0 radical (unpaired) electrons. The summed E-state index contributed by atoms with van der Waals surface area (Å²) in [6, 6.07) is 0.122. The van der Waals surface area contributed by atoms with Crippen LogP contribution in [0.4, 0.5) is 0 Å². The lowest BCUT2D eigenvalue weighted by atomic mass is 10.2. The van der Waals surface area contributed by atoms with E-state index in [0.29, 0.717) is 18.0 Å². The van der Waals surface area contributed by atoms with Gasteiger partial charge in [0.05, 0.1) is 5.56 Å². The second-order valence-corrected chi connectivity index (χ2v) is 3.79. The van der Waals surface area contributed by atoms with Crippen molar-refractivity contribution >= 4 is 17.5 Å². The van der Waals surface area contributed by atoms with Crippen LogP contribution in [0, 0.1) is 0 Å². The number of amides is 1. The van der Waals surface area contributed by atoms with Crippen molar-refractivity contribution in [2.45, 2.75) is 19.9 Å². The third-order valence-corrected chi connectivity index (χ3v) is 2.19. The van der Waals surface area contributed by atoms with E-state index in [1.807, 2.05) is 13.8 Å². The molecule has 1 rings (SSSR count). The van der Waals surface area contributed by atoms with Gasteiger partial charge in [-0.1, -0.05) is 0 Å². The van der Waals surface area contributed by atoms with Gasteiger partial charge in [0.15, 0.2) is 0 Å². The summed E-state index contributed by atoms with van der Waals surface area (Å²) in [4.78, 5) is 21.3. The quantitative estimate of drug-likeness (QED) is 0.734. The predicted octanol–water partition coefficient (Wildman–Crippen LogP) is 1.57. The molecule has 5 heteroatoms. The van der Waals surface area contributed by atoms with Crippen LogP contribution in [0.15, 0.2) is 18.7 Å². The zero-order valence-electron chi connectivity index (χ0n) is 8.85. The number of carbonyl (C=O) groups is 1. The summed E-state index contributed by atoms with van der Waals surface area (Å²) in [7, 11) is 0. The number of hydrogen-bond donors (Lipinski definition) is 0. The highest BCUT2D eigenvalue weighted by Gasteiger charge is 2.18. The molecular formula is C10H14ClN3O. The third kappa shape index (κ3) is 3.16. The fourth-order valence-electron chi connectivity index (χ4n) is 1.26. The summed E-state index contributed by atoms with van der Waals surface area (Å²) in [6.45, 7) is 4.44. The van der Waals surface area contributed by atoms with Gasteiger partial charge in [-0.05, 0) is 13.8 Å². The molecule has 82 valence electrons. The number of carbonyl (C=O) groups excluding carboxylic acids is 1. The molecule has 0 aliphatic heterocycles. The molecule has 1 aromatic heterocycles. The zero-order chi connectivity index (χ0) is 11.3. The average Bonchev–Trinajstić information content (AvgIpc) is 2.26. The van der Waals surface area contributed by atoms with Gasteiger partial charge in [0.25, 0.3) is 5.91 Å². The predicted molar refractivity (Wildman–Crippen MR) is 58.9 cm³/mol. The topological polar surface area (TPSA) is 46.1 Å². The summed E-state index contributed by atoms with van der Waals surface area (Å²) in [6.07, 6.45) is 4.43. The van der Waals surface area contributed by atoms with Gasteiger partial charge >= 0.3 is 0 Å².